The molecule has 0 aliphatic carbocycles. The highest BCUT2D eigenvalue weighted by molar-refractivity contribution is 6.23. The zero-order chi connectivity index (χ0) is 28.7. The number of imide groups is 1. The van der Waals surface area contributed by atoms with Gasteiger partial charge in [-0.25, -0.2) is 14.1 Å². The van der Waals surface area contributed by atoms with Crippen molar-refractivity contribution in [2.45, 2.75) is 32.1 Å². The molecule has 0 unspecified atom stereocenters. The number of nitriles is 1. The van der Waals surface area contributed by atoms with E-state index >= 15 is 0 Å². The molecule has 3 aromatic carbocycles. The van der Waals surface area contributed by atoms with Crippen LogP contribution in [0.3, 0.4) is 0 Å². The van der Waals surface area contributed by atoms with Gasteiger partial charge in [-0.2, -0.15) is 18.4 Å². The van der Waals surface area contributed by atoms with E-state index in [1.165, 1.54) is 30.9 Å². The molecular weight excluding hydrogens is 518 g/mol. The van der Waals surface area contributed by atoms with Crippen LogP contribution in [0.15, 0.2) is 60.7 Å². The first-order chi connectivity index (χ1) is 18.3. The molecule has 39 heavy (non-hydrogen) atoms. The molecule has 0 spiro atoms. The van der Waals surface area contributed by atoms with Gasteiger partial charge in [-0.1, -0.05) is 18.2 Å². The number of carbonyl (C=O) groups is 3. The molecule has 3 aromatic rings. The number of hydrogen-bond donors (Lipinski definition) is 2. The second kappa shape index (κ2) is 9.75. The molecular formula is C27H21F4N5O3. The zero-order valence-corrected chi connectivity index (χ0v) is 20.6. The van der Waals surface area contributed by atoms with Crippen LogP contribution in [0.4, 0.5) is 39.4 Å². The van der Waals surface area contributed by atoms with Gasteiger partial charge in [0.25, 0.3) is 11.8 Å². The SMILES string of the molecule is CC1(C)C(=O)N(c2ccc(C#N)c(C(F)(F)F)c2)C(=O)N1Cc1ccccc1Nc1ccc(F)cc1C(N)=O. The van der Waals surface area contributed by atoms with Gasteiger partial charge in [0.1, 0.15) is 11.4 Å². The number of amides is 4. The van der Waals surface area contributed by atoms with E-state index in [1.807, 2.05) is 0 Å². The van der Waals surface area contributed by atoms with E-state index < -0.39 is 46.5 Å². The monoisotopic (exact) mass is 539 g/mol. The van der Waals surface area contributed by atoms with Crippen LogP contribution >= 0.6 is 0 Å². The smallest absolute Gasteiger partial charge is 0.366 e. The number of urea groups is 1. The third kappa shape index (κ3) is 4.98. The molecule has 0 atom stereocenters. The van der Waals surface area contributed by atoms with Gasteiger partial charge in [0.15, 0.2) is 0 Å². The minimum absolute atomic E-state index is 0.106. The Kier molecular flexibility index (Phi) is 6.78. The molecule has 4 amide bonds. The summed E-state index contributed by atoms with van der Waals surface area (Å²) in [6, 6.07) is 13.3. The van der Waals surface area contributed by atoms with Crippen molar-refractivity contribution in [2.24, 2.45) is 5.73 Å². The maximum absolute atomic E-state index is 13.7. The fourth-order valence-electron chi connectivity index (χ4n) is 4.26. The fourth-order valence-corrected chi connectivity index (χ4v) is 4.26. The molecule has 1 aliphatic heterocycles. The topological polar surface area (TPSA) is 120 Å². The number of hydrogen-bond acceptors (Lipinski definition) is 5. The predicted molar refractivity (Wildman–Crippen MR) is 133 cm³/mol. The van der Waals surface area contributed by atoms with Crippen molar-refractivity contribution < 1.29 is 31.9 Å². The number of carbonyl (C=O) groups excluding carboxylic acids is 3. The van der Waals surface area contributed by atoms with Crippen molar-refractivity contribution in [3.8, 4) is 6.07 Å². The third-order valence-corrected chi connectivity index (χ3v) is 6.37. The molecule has 3 N–H and O–H groups in total. The van der Waals surface area contributed by atoms with E-state index in [2.05, 4.69) is 5.32 Å². The Labute approximate surface area is 220 Å². The van der Waals surface area contributed by atoms with Gasteiger partial charge < -0.3 is 16.0 Å². The van der Waals surface area contributed by atoms with Gasteiger partial charge >= 0.3 is 12.2 Å². The number of nitrogens with one attached hydrogen (secondary N) is 1. The number of halogens is 4. The minimum atomic E-state index is -4.88. The van der Waals surface area contributed by atoms with Crippen molar-refractivity contribution in [2.75, 3.05) is 10.2 Å². The summed E-state index contributed by atoms with van der Waals surface area (Å²) in [4.78, 5) is 40.4. The highest BCUT2D eigenvalue weighted by Crippen LogP contribution is 2.39. The lowest BCUT2D eigenvalue weighted by atomic mass is 10.0. The predicted octanol–water partition coefficient (Wildman–Crippen LogP) is 5.31. The second-order valence-corrected chi connectivity index (χ2v) is 9.24. The first-order valence-electron chi connectivity index (χ1n) is 11.5. The first-order valence-corrected chi connectivity index (χ1v) is 11.5. The summed E-state index contributed by atoms with van der Waals surface area (Å²) < 4.78 is 54.3. The van der Waals surface area contributed by atoms with Crippen molar-refractivity contribution in [1.82, 2.24) is 4.90 Å². The molecule has 1 saturated heterocycles. The number of nitrogens with zero attached hydrogens (tertiary/aromatic N) is 3. The number of primary amides is 1. The molecule has 1 aliphatic rings. The van der Waals surface area contributed by atoms with Crippen molar-refractivity contribution in [3.05, 3.63) is 88.7 Å². The van der Waals surface area contributed by atoms with Crippen LogP contribution in [0.5, 0.6) is 0 Å². The van der Waals surface area contributed by atoms with Crippen LogP contribution in [0.2, 0.25) is 0 Å². The molecule has 12 heteroatoms. The van der Waals surface area contributed by atoms with E-state index in [0.29, 0.717) is 22.2 Å². The number of nitrogens with two attached hydrogens (primary N) is 1. The van der Waals surface area contributed by atoms with E-state index in [9.17, 15) is 31.9 Å². The summed E-state index contributed by atoms with van der Waals surface area (Å²) in [6.45, 7) is 2.78. The van der Waals surface area contributed by atoms with E-state index in [-0.39, 0.29) is 23.5 Å². The molecule has 0 saturated carbocycles. The van der Waals surface area contributed by atoms with Gasteiger partial charge in [-0.05, 0) is 61.9 Å². The normalized spacial score (nSPS) is 14.9. The molecule has 0 aromatic heterocycles. The molecule has 0 bridgehead atoms. The Morgan fingerprint density at radius 1 is 1.05 bits per heavy atom. The Balaban J connectivity index is 1.70. The first kappa shape index (κ1) is 27.1. The van der Waals surface area contributed by atoms with Gasteiger partial charge in [0.05, 0.1) is 40.7 Å². The second-order valence-electron chi connectivity index (χ2n) is 9.24. The Morgan fingerprint density at radius 3 is 2.38 bits per heavy atom. The van der Waals surface area contributed by atoms with Gasteiger partial charge in [0.2, 0.25) is 0 Å². The lowest BCUT2D eigenvalue weighted by molar-refractivity contribution is -0.137. The Bertz CT molecular complexity index is 1550. The fraction of sp³-hybridized carbons (Fsp3) is 0.185. The zero-order valence-electron chi connectivity index (χ0n) is 20.6. The van der Waals surface area contributed by atoms with Crippen molar-refractivity contribution >= 4 is 34.9 Å². The summed E-state index contributed by atoms with van der Waals surface area (Å²) in [6.07, 6.45) is -4.88. The molecule has 4 rings (SSSR count). The summed E-state index contributed by atoms with van der Waals surface area (Å²) in [7, 11) is 0. The van der Waals surface area contributed by atoms with Gasteiger partial charge in [0, 0.05) is 5.69 Å². The summed E-state index contributed by atoms with van der Waals surface area (Å²) in [5, 5.41) is 12.1. The quantitative estimate of drug-likeness (QED) is 0.325. The average Bonchev–Trinajstić information content (AvgIpc) is 3.04. The Hall–Kier alpha value is -4.92. The van der Waals surface area contributed by atoms with Crippen LogP contribution in [0, 0.1) is 17.1 Å². The lowest BCUT2D eigenvalue weighted by Crippen LogP contribution is -2.43. The van der Waals surface area contributed by atoms with Gasteiger partial charge in [-0.15, -0.1) is 0 Å². The largest absolute Gasteiger partial charge is 0.417 e. The van der Waals surface area contributed by atoms with Crippen molar-refractivity contribution in [3.63, 3.8) is 0 Å². The highest BCUT2D eigenvalue weighted by atomic mass is 19.4. The number of para-hydroxylation sites is 1. The van der Waals surface area contributed by atoms with E-state index in [4.69, 9.17) is 11.0 Å². The van der Waals surface area contributed by atoms with E-state index in [1.54, 1.807) is 24.3 Å². The van der Waals surface area contributed by atoms with Gasteiger partial charge in [-0.3, -0.25) is 9.59 Å². The maximum atomic E-state index is 13.7. The molecule has 200 valence electrons. The lowest BCUT2D eigenvalue weighted by Gasteiger charge is -2.28. The number of anilines is 3. The molecule has 1 heterocycles. The average molecular weight is 539 g/mol. The summed E-state index contributed by atoms with van der Waals surface area (Å²) in [5.41, 5.74) is 2.70. The standard InChI is InChI=1S/C27H21F4N5O3/c1-26(2)24(38)36(18-9-7-15(13-32)20(12-18)27(29,30)31)25(39)35(26)14-16-5-3-4-6-21(16)34-22-10-8-17(28)11-19(22)23(33)37/h3-12,34H,14H2,1-2H3,(H2,33,37). The number of alkyl halides is 3. The summed E-state index contributed by atoms with van der Waals surface area (Å²) in [5.74, 6) is -2.29. The molecule has 8 nitrogen and oxygen atoms in total. The number of benzene rings is 3. The maximum Gasteiger partial charge on any atom is 0.417 e. The number of rotatable bonds is 6. The van der Waals surface area contributed by atoms with Crippen LogP contribution in [-0.2, 0) is 17.5 Å². The van der Waals surface area contributed by atoms with Crippen LogP contribution in [0.1, 0.15) is 40.9 Å². The van der Waals surface area contributed by atoms with Crippen LogP contribution in [0.25, 0.3) is 0 Å². The molecule has 1 fully saturated rings. The summed E-state index contributed by atoms with van der Waals surface area (Å²) >= 11 is 0. The van der Waals surface area contributed by atoms with Crippen LogP contribution in [-0.4, -0.2) is 28.3 Å². The highest BCUT2D eigenvalue weighted by Gasteiger charge is 2.52. The van der Waals surface area contributed by atoms with E-state index in [0.717, 1.165) is 24.3 Å². The third-order valence-electron chi connectivity index (χ3n) is 6.37. The van der Waals surface area contributed by atoms with Crippen LogP contribution < -0.4 is 16.0 Å². The molecule has 0 radical (unpaired) electrons. The van der Waals surface area contributed by atoms with Crippen molar-refractivity contribution in [1.29, 1.82) is 5.26 Å². The Morgan fingerprint density at radius 2 is 1.74 bits per heavy atom. The minimum Gasteiger partial charge on any atom is -0.366 e.